The molecule has 0 bridgehead atoms. The van der Waals surface area contributed by atoms with Crippen molar-refractivity contribution in [1.82, 2.24) is 9.80 Å². The lowest BCUT2D eigenvalue weighted by molar-refractivity contribution is -0.145. The van der Waals surface area contributed by atoms with Crippen LogP contribution in [-0.2, 0) is 14.3 Å². The van der Waals surface area contributed by atoms with Crippen molar-refractivity contribution in [2.45, 2.75) is 83.1 Å². The number of carbonyl (C=O) groups is 2. The van der Waals surface area contributed by atoms with E-state index in [1.807, 2.05) is 0 Å². The first kappa shape index (κ1) is 20.6. The second-order valence-electron chi connectivity index (χ2n) is 8.83. The van der Waals surface area contributed by atoms with E-state index in [0.717, 1.165) is 64.1 Å². The summed E-state index contributed by atoms with van der Waals surface area (Å²) in [7, 11) is 1.76. The van der Waals surface area contributed by atoms with Gasteiger partial charge in [0.05, 0.1) is 5.92 Å². The largest absolute Gasteiger partial charge is 0.385 e. The Bertz CT molecular complexity index is 480. The Morgan fingerprint density at radius 2 is 1.74 bits per heavy atom. The minimum atomic E-state index is 0.0241. The number of hydrogen-bond donors (Lipinski definition) is 0. The van der Waals surface area contributed by atoms with Gasteiger partial charge in [0.1, 0.15) is 0 Å². The first-order valence-corrected chi connectivity index (χ1v) is 11.3. The number of piperidine rings is 2. The van der Waals surface area contributed by atoms with E-state index >= 15 is 0 Å². The number of nitrogens with zero attached hydrogens (tertiary/aromatic N) is 2. The molecule has 0 spiro atoms. The molecule has 0 aromatic rings. The first-order valence-electron chi connectivity index (χ1n) is 11.3. The maximum Gasteiger partial charge on any atom is 0.227 e. The summed E-state index contributed by atoms with van der Waals surface area (Å²) in [6.07, 6.45) is 13.2. The number of carbonyl (C=O) groups excluding carboxylic acids is 2. The van der Waals surface area contributed by atoms with Crippen molar-refractivity contribution < 1.29 is 14.3 Å². The summed E-state index contributed by atoms with van der Waals surface area (Å²) in [6, 6.07) is 0.377. The standard InChI is InChI=1S/C22H38N2O3/c1-27-16-6-7-18-12-14-23(15-13-18)22(26)19-10-11-21(25)24(17-19)20-8-4-2-3-5-9-20/h18-20H,2-17H2,1H3/t19-/m0/s1. The average Bonchev–Trinajstić information content (AvgIpc) is 2.98. The lowest BCUT2D eigenvalue weighted by Gasteiger charge is -2.40. The van der Waals surface area contributed by atoms with Gasteiger partial charge in [-0.2, -0.15) is 0 Å². The summed E-state index contributed by atoms with van der Waals surface area (Å²) in [5.41, 5.74) is 0. The molecular formula is C22H38N2O3. The highest BCUT2D eigenvalue weighted by Gasteiger charge is 2.36. The number of ether oxygens (including phenoxy) is 1. The summed E-state index contributed by atoms with van der Waals surface area (Å²) in [6.45, 7) is 3.29. The van der Waals surface area contributed by atoms with Crippen LogP contribution < -0.4 is 0 Å². The Balaban J connectivity index is 1.49. The minimum Gasteiger partial charge on any atom is -0.385 e. The average molecular weight is 379 g/mol. The molecule has 2 aliphatic heterocycles. The molecule has 5 heteroatoms. The summed E-state index contributed by atoms with van der Waals surface area (Å²) >= 11 is 0. The topological polar surface area (TPSA) is 49.9 Å². The van der Waals surface area contributed by atoms with E-state index in [-0.39, 0.29) is 11.8 Å². The van der Waals surface area contributed by atoms with Crippen molar-refractivity contribution in [1.29, 1.82) is 0 Å². The van der Waals surface area contributed by atoms with Gasteiger partial charge in [-0.1, -0.05) is 25.7 Å². The van der Waals surface area contributed by atoms with Crippen LogP contribution in [-0.4, -0.2) is 61.0 Å². The van der Waals surface area contributed by atoms with Gasteiger partial charge in [0, 0.05) is 45.8 Å². The lowest BCUT2D eigenvalue weighted by atomic mass is 9.89. The molecule has 0 unspecified atom stereocenters. The second-order valence-corrected chi connectivity index (χ2v) is 8.83. The third-order valence-electron chi connectivity index (χ3n) is 6.95. The molecule has 27 heavy (non-hydrogen) atoms. The van der Waals surface area contributed by atoms with Crippen LogP contribution in [0, 0.1) is 11.8 Å². The van der Waals surface area contributed by atoms with Gasteiger partial charge >= 0.3 is 0 Å². The molecule has 154 valence electrons. The SMILES string of the molecule is COCCCC1CCN(C(=O)[C@H]2CCC(=O)N(C3CCCCCC3)C2)CC1. The molecule has 3 fully saturated rings. The van der Waals surface area contributed by atoms with Crippen molar-refractivity contribution in [2.75, 3.05) is 33.4 Å². The van der Waals surface area contributed by atoms with Crippen molar-refractivity contribution >= 4 is 11.8 Å². The highest BCUT2D eigenvalue weighted by Crippen LogP contribution is 2.29. The van der Waals surface area contributed by atoms with Crippen LogP contribution in [0.2, 0.25) is 0 Å². The molecule has 0 N–H and O–H groups in total. The molecule has 0 radical (unpaired) electrons. The molecule has 0 aromatic heterocycles. The summed E-state index contributed by atoms with van der Waals surface area (Å²) in [4.78, 5) is 29.8. The van der Waals surface area contributed by atoms with E-state index < -0.39 is 0 Å². The van der Waals surface area contributed by atoms with E-state index in [1.165, 1.54) is 32.1 Å². The second kappa shape index (κ2) is 10.4. The molecular weight excluding hydrogens is 340 g/mol. The molecule has 5 nitrogen and oxygen atoms in total. The van der Waals surface area contributed by atoms with Crippen LogP contribution in [0.15, 0.2) is 0 Å². The molecule has 2 amide bonds. The fourth-order valence-electron chi connectivity index (χ4n) is 5.21. The monoisotopic (exact) mass is 378 g/mol. The number of likely N-dealkylation sites (tertiary alicyclic amines) is 2. The molecule has 1 saturated carbocycles. The van der Waals surface area contributed by atoms with Crippen LogP contribution >= 0.6 is 0 Å². The fourth-order valence-corrected chi connectivity index (χ4v) is 5.21. The summed E-state index contributed by atoms with van der Waals surface area (Å²) in [5.74, 6) is 1.34. The number of amides is 2. The van der Waals surface area contributed by atoms with Crippen LogP contribution in [0.25, 0.3) is 0 Å². The zero-order valence-corrected chi connectivity index (χ0v) is 17.2. The Labute approximate surface area is 164 Å². The molecule has 1 atom stereocenters. The third-order valence-corrected chi connectivity index (χ3v) is 6.95. The smallest absolute Gasteiger partial charge is 0.227 e. The van der Waals surface area contributed by atoms with Gasteiger partial charge in [-0.05, 0) is 50.9 Å². The Kier molecular flexibility index (Phi) is 7.98. The van der Waals surface area contributed by atoms with Gasteiger partial charge in [-0.15, -0.1) is 0 Å². The maximum absolute atomic E-state index is 13.1. The molecule has 3 aliphatic rings. The molecule has 1 aliphatic carbocycles. The van der Waals surface area contributed by atoms with E-state index in [4.69, 9.17) is 4.74 Å². The van der Waals surface area contributed by atoms with E-state index in [1.54, 1.807) is 7.11 Å². The van der Waals surface area contributed by atoms with Gasteiger partial charge in [0.15, 0.2) is 0 Å². The predicted molar refractivity (Wildman–Crippen MR) is 106 cm³/mol. The Morgan fingerprint density at radius 1 is 1.04 bits per heavy atom. The van der Waals surface area contributed by atoms with E-state index in [9.17, 15) is 9.59 Å². The first-order chi connectivity index (χ1) is 13.2. The van der Waals surface area contributed by atoms with Crippen molar-refractivity contribution in [2.24, 2.45) is 11.8 Å². The maximum atomic E-state index is 13.1. The van der Waals surface area contributed by atoms with Gasteiger partial charge in [-0.25, -0.2) is 0 Å². The predicted octanol–water partition coefficient (Wildman–Crippen LogP) is 3.61. The van der Waals surface area contributed by atoms with Gasteiger partial charge in [0.25, 0.3) is 0 Å². The highest BCUT2D eigenvalue weighted by molar-refractivity contribution is 5.84. The normalized spacial score (nSPS) is 26.3. The molecule has 2 heterocycles. The summed E-state index contributed by atoms with van der Waals surface area (Å²) in [5, 5.41) is 0. The molecule has 3 rings (SSSR count). The number of methoxy groups -OCH3 is 1. The van der Waals surface area contributed by atoms with Crippen molar-refractivity contribution in [3.63, 3.8) is 0 Å². The van der Waals surface area contributed by atoms with Crippen molar-refractivity contribution in [3.05, 3.63) is 0 Å². The minimum absolute atomic E-state index is 0.0241. The van der Waals surface area contributed by atoms with Crippen LogP contribution in [0.5, 0.6) is 0 Å². The third kappa shape index (κ3) is 5.69. The van der Waals surface area contributed by atoms with Crippen molar-refractivity contribution in [3.8, 4) is 0 Å². The van der Waals surface area contributed by atoms with Gasteiger partial charge < -0.3 is 14.5 Å². The Morgan fingerprint density at radius 3 is 2.41 bits per heavy atom. The van der Waals surface area contributed by atoms with Crippen LogP contribution in [0.3, 0.4) is 0 Å². The zero-order valence-electron chi connectivity index (χ0n) is 17.2. The van der Waals surface area contributed by atoms with Crippen LogP contribution in [0.1, 0.15) is 77.0 Å². The number of hydrogen-bond acceptors (Lipinski definition) is 3. The van der Waals surface area contributed by atoms with Gasteiger partial charge in [-0.3, -0.25) is 9.59 Å². The molecule has 0 aromatic carbocycles. The highest BCUT2D eigenvalue weighted by atomic mass is 16.5. The summed E-state index contributed by atoms with van der Waals surface area (Å²) < 4.78 is 5.15. The fraction of sp³-hybridized carbons (Fsp3) is 0.909. The lowest BCUT2D eigenvalue weighted by Crippen LogP contribution is -2.51. The number of rotatable bonds is 6. The quantitative estimate of drug-likeness (QED) is 0.524. The molecule has 2 saturated heterocycles. The Hall–Kier alpha value is -1.10. The van der Waals surface area contributed by atoms with E-state index in [2.05, 4.69) is 9.80 Å². The van der Waals surface area contributed by atoms with Gasteiger partial charge in [0.2, 0.25) is 11.8 Å². The van der Waals surface area contributed by atoms with Crippen LogP contribution in [0.4, 0.5) is 0 Å². The zero-order chi connectivity index (χ0) is 19.1. The van der Waals surface area contributed by atoms with E-state index in [0.29, 0.717) is 24.9 Å².